The molecule has 0 spiro atoms. The minimum atomic E-state index is -0.963. The number of hydrogen-bond donors (Lipinski definition) is 3. The van der Waals surface area contributed by atoms with E-state index in [0.29, 0.717) is 12.8 Å². The largest absolute Gasteiger partial charge is 0.456 e. The molecule has 196 valence electrons. The van der Waals surface area contributed by atoms with Gasteiger partial charge < -0.3 is 20.1 Å². The fourth-order valence-corrected chi connectivity index (χ4v) is 3.14. The van der Waals surface area contributed by atoms with Crippen LogP contribution < -0.4 is 27.2 Å². The molecule has 0 aliphatic carbocycles. The van der Waals surface area contributed by atoms with E-state index >= 15 is 0 Å². The van der Waals surface area contributed by atoms with Gasteiger partial charge in [0.05, 0.1) is 13.0 Å². The van der Waals surface area contributed by atoms with Crippen molar-refractivity contribution in [1.29, 1.82) is 0 Å². The molecule has 0 saturated carbocycles. The Bertz CT molecular complexity index is 1000. The molecule has 0 aromatic carbocycles. The number of H-pyrrole nitrogens is 1. The minimum absolute atomic E-state index is 0.0687. The van der Waals surface area contributed by atoms with E-state index in [4.69, 9.17) is 10.5 Å². The van der Waals surface area contributed by atoms with Crippen LogP contribution in [0.4, 0.5) is 16.3 Å². The molecule has 1 rings (SSSR count). The highest BCUT2D eigenvalue weighted by atomic mass is 16.6. The number of nitrogen functional groups attached to an aromatic ring is 1. The Kier molecular flexibility index (Phi) is 12.8. The molecule has 0 radical (unpaired) electrons. The maximum Gasteiger partial charge on any atom is 0.413 e. The van der Waals surface area contributed by atoms with Crippen LogP contribution in [0.15, 0.2) is 9.59 Å². The molecule has 1 aromatic heterocycles. The van der Waals surface area contributed by atoms with E-state index in [1.54, 1.807) is 6.92 Å². The number of esters is 1. The summed E-state index contributed by atoms with van der Waals surface area (Å²) in [4.78, 5) is 76.0. The number of anilines is 2. The summed E-state index contributed by atoms with van der Waals surface area (Å²) in [7, 11) is 0. The third-order valence-corrected chi connectivity index (χ3v) is 4.93. The summed E-state index contributed by atoms with van der Waals surface area (Å²) >= 11 is 0. The van der Waals surface area contributed by atoms with Gasteiger partial charge >= 0.3 is 17.8 Å². The second-order valence-electron chi connectivity index (χ2n) is 7.68. The summed E-state index contributed by atoms with van der Waals surface area (Å²) < 4.78 is 10.5. The van der Waals surface area contributed by atoms with Gasteiger partial charge in [-0.15, -0.1) is 0 Å². The molecule has 0 unspecified atom stereocenters. The van der Waals surface area contributed by atoms with Crippen LogP contribution in [0.1, 0.15) is 65.7 Å². The highest BCUT2D eigenvalue weighted by Gasteiger charge is 2.24. The van der Waals surface area contributed by atoms with Crippen LogP contribution >= 0.6 is 0 Å². The number of nitrogens with two attached hydrogens (primary N) is 1. The number of ether oxygens (including phenoxy) is 2. The lowest BCUT2D eigenvalue weighted by atomic mass is 10.2. The molecule has 1 aromatic rings. The Morgan fingerprint density at radius 1 is 1.00 bits per heavy atom. The first-order chi connectivity index (χ1) is 16.7. The van der Waals surface area contributed by atoms with Gasteiger partial charge in [0.2, 0.25) is 5.91 Å². The van der Waals surface area contributed by atoms with E-state index in [1.165, 1.54) is 9.47 Å². The summed E-state index contributed by atoms with van der Waals surface area (Å²) in [6.07, 6.45) is 2.01. The molecule has 4 N–H and O–H groups in total. The first kappa shape index (κ1) is 29.4. The fraction of sp³-hybridized carbons (Fsp3) is 0.636. The predicted molar refractivity (Wildman–Crippen MR) is 128 cm³/mol. The first-order valence-corrected chi connectivity index (χ1v) is 11.7. The van der Waals surface area contributed by atoms with Crippen LogP contribution in [-0.2, 0) is 30.4 Å². The Balaban J connectivity index is 2.93. The van der Waals surface area contributed by atoms with Gasteiger partial charge in [0.1, 0.15) is 5.82 Å². The zero-order valence-electron chi connectivity index (χ0n) is 20.5. The van der Waals surface area contributed by atoms with Crippen LogP contribution in [0.5, 0.6) is 0 Å². The molecule has 13 heteroatoms. The highest BCUT2D eigenvalue weighted by Crippen LogP contribution is 2.19. The number of carbonyl (C=O) groups excluding carboxylic acids is 4. The van der Waals surface area contributed by atoms with E-state index in [1.807, 2.05) is 19.2 Å². The molecule has 0 bridgehead atoms. The van der Waals surface area contributed by atoms with Gasteiger partial charge in [-0.3, -0.25) is 34.0 Å². The van der Waals surface area contributed by atoms with E-state index in [0.717, 1.165) is 19.3 Å². The third kappa shape index (κ3) is 9.63. The standard InChI is InChI=1S/C22H35N5O8/c1-4-7-9-13-26(18-19(23)27(12-8-5-2)21(32)25-20(18)31)16(29)10-11-17(30)35-14-15(28)24-22(33)34-6-3/h4-14,23H2,1-3H3,(H,24,28,33)(H,25,31,32). The Morgan fingerprint density at radius 3 is 2.31 bits per heavy atom. The Hall–Kier alpha value is -3.64. The SMILES string of the molecule is CCCCCN(C(=O)CCC(=O)OCC(=O)NC(=O)OCC)c1c(N)n(CCCC)c(=O)[nH]c1=O. The molecule has 0 fully saturated rings. The van der Waals surface area contributed by atoms with E-state index < -0.39 is 41.7 Å². The molecule has 35 heavy (non-hydrogen) atoms. The van der Waals surface area contributed by atoms with Crippen molar-refractivity contribution >= 4 is 35.4 Å². The van der Waals surface area contributed by atoms with Gasteiger partial charge in [0.25, 0.3) is 11.5 Å². The van der Waals surface area contributed by atoms with Gasteiger partial charge in [-0.1, -0.05) is 33.1 Å². The van der Waals surface area contributed by atoms with Crippen LogP contribution in [0.3, 0.4) is 0 Å². The molecular weight excluding hydrogens is 462 g/mol. The van der Waals surface area contributed by atoms with Crippen molar-refractivity contribution in [2.75, 3.05) is 30.4 Å². The van der Waals surface area contributed by atoms with E-state index in [2.05, 4.69) is 9.72 Å². The molecule has 3 amide bonds. The van der Waals surface area contributed by atoms with Crippen LogP contribution in [0.2, 0.25) is 0 Å². The second kappa shape index (κ2) is 15.3. The molecule has 0 saturated heterocycles. The lowest BCUT2D eigenvalue weighted by Gasteiger charge is -2.24. The molecular formula is C22H35N5O8. The van der Waals surface area contributed by atoms with Crippen LogP contribution in [0.25, 0.3) is 0 Å². The average Bonchev–Trinajstić information content (AvgIpc) is 2.80. The lowest BCUT2D eigenvalue weighted by Crippen LogP contribution is -2.41. The number of hydrogen-bond acceptors (Lipinski definition) is 9. The lowest BCUT2D eigenvalue weighted by molar-refractivity contribution is -0.149. The first-order valence-electron chi connectivity index (χ1n) is 11.7. The Labute approximate surface area is 202 Å². The van der Waals surface area contributed by atoms with Crippen molar-refractivity contribution < 1.29 is 28.7 Å². The maximum atomic E-state index is 13.0. The number of aromatic nitrogens is 2. The van der Waals surface area contributed by atoms with Crippen molar-refractivity contribution in [1.82, 2.24) is 14.9 Å². The van der Waals surface area contributed by atoms with Crippen molar-refractivity contribution in [3.63, 3.8) is 0 Å². The molecule has 1 heterocycles. The van der Waals surface area contributed by atoms with Crippen molar-refractivity contribution in [3.8, 4) is 0 Å². The molecule has 0 aliphatic rings. The summed E-state index contributed by atoms with van der Waals surface area (Å²) in [5.74, 6) is -2.40. The minimum Gasteiger partial charge on any atom is -0.456 e. The van der Waals surface area contributed by atoms with Gasteiger partial charge in [0, 0.05) is 19.5 Å². The Morgan fingerprint density at radius 2 is 1.69 bits per heavy atom. The monoisotopic (exact) mass is 497 g/mol. The number of nitrogens with zero attached hydrogens (tertiary/aromatic N) is 2. The average molecular weight is 498 g/mol. The maximum absolute atomic E-state index is 13.0. The molecule has 0 atom stereocenters. The van der Waals surface area contributed by atoms with E-state index in [9.17, 15) is 28.8 Å². The summed E-state index contributed by atoms with van der Waals surface area (Å²) in [6.45, 7) is 5.28. The molecule has 13 nitrogen and oxygen atoms in total. The number of aromatic amines is 1. The quantitative estimate of drug-likeness (QED) is 0.250. The summed E-state index contributed by atoms with van der Waals surface area (Å²) in [6, 6.07) is 0. The van der Waals surface area contributed by atoms with Gasteiger partial charge in [-0.05, 0) is 19.8 Å². The second-order valence-corrected chi connectivity index (χ2v) is 7.68. The summed E-state index contributed by atoms with van der Waals surface area (Å²) in [5, 5.41) is 1.87. The number of imide groups is 1. The fourth-order valence-electron chi connectivity index (χ4n) is 3.14. The van der Waals surface area contributed by atoms with Crippen molar-refractivity contribution in [3.05, 3.63) is 20.8 Å². The third-order valence-electron chi connectivity index (χ3n) is 4.93. The van der Waals surface area contributed by atoms with Crippen LogP contribution in [-0.4, -0.2) is 53.2 Å². The number of alkyl carbamates (subject to hydrolysis) is 1. The number of nitrogens with one attached hydrogen (secondary N) is 2. The number of amides is 3. The number of rotatable bonds is 14. The highest BCUT2D eigenvalue weighted by molar-refractivity contribution is 5.97. The van der Waals surface area contributed by atoms with Gasteiger partial charge in [-0.25, -0.2) is 9.59 Å². The number of unbranched alkanes of at least 4 members (excludes halogenated alkanes) is 3. The molecule has 0 aliphatic heterocycles. The van der Waals surface area contributed by atoms with E-state index in [-0.39, 0.29) is 44.0 Å². The zero-order valence-corrected chi connectivity index (χ0v) is 20.5. The predicted octanol–water partition coefficient (Wildman–Crippen LogP) is 1.04. The number of carbonyl (C=O) groups is 4. The smallest absolute Gasteiger partial charge is 0.413 e. The van der Waals surface area contributed by atoms with Crippen molar-refractivity contribution in [2.45, 2.75) is 72.3 Å². The van der Waals surface area contributed by atoms with Gasteiger partial charge in [0.15, 0.2) is 12.3 Å². The summed E-state index contributed by atoms with van der Waals surface area (Å²) in [5.41, 5.74) is 4.56. The normalized spacial score (nSPS) is 10.5. The van der Waals surface area contributed by atoms with Crippen molar-refractivity contribution in [2.24, 2.45) is 0 Å². The van der Waals surface area contributed by atoms with Gasteiger partial charge in [-0.2, -0.15) is 0 Å². The zero-order chi connectivity index (χ0) is 26.4. The topological polar surface area (TPSA) is 183 Å². The van der Waals surface area contributed by atoms with Crippen LogP contribution in [0, 0.1) is 0 Å².